The van der Waals surface area contributed by atoms with Crippen LogP contribution in [0.2, 0.25) is 0 Å². The predicted octanol–water partition coefficient (Wildman–Crippen LogP) is 7.32. The molecule has 0 unspecified atom stereocenters. The molecule has 0 spiro atoms. The van der Waals surface area contributed by atoms with Gasteiger partial charge in [-0.05, 0) is 60.4 Å². The Bertz CT molecular complexity index is 1090. The van der Waals surface area contributed by atoms with Crippen LogP contribution in [0.3, 0.4) is 0 Å². The molecule has 0 saturated carbocycles. The van der Waals surface area contributed by atoms with Gasteiger partial charge in [-0.25, -0.2) is 0 Å². The number of benzene rings is 2. The molecule has 1 heterocycles. The second-order valence-electron chi connectivity index (χ2n) is 7.39. The van der Waals surface area contributed by atoms with Crippen LogP contribution in [-0.4, -0.2) is 5.91 Å². The fraction of sp³-hybridized carbons (Fsp3) is 0.261. The monoisotopic (exact) mass is 495 g/mol. The number of halogens is 4. The van der Waals surface area contributed by atoms with Gasteiger partial charge in [0.05, 0.1) is 11.3 Å². The molecule has 0 radical (unpaired) electrons. The van der Waals surface area contributed by atoms with Crippen molar-refractivity contribution in [1.29, 1.82) is 0 Å². The Morgan fingerprint density at radius 1 is 1.13 bits per heavy atom. The number of carbonyl (C=O) groups is 1. The largest absolute Gasteiger partial charge is 0.485 e. The first-order chi connectivity index (χ1) is 14.5. The van der Waals surface area contributed by atoms with E-state index < -0.39 is 17.6 Å². The zero-order valence-electron chi connectivity index (χ0n) is 17.1. The lowest BCUT2D eigenvalue weighted by Gasteiger charge is -2.14. The van der Waals surface area contributed by atoms with E-state index >= 15 is 0 Å². The Morgan fingerprint density at radius 2 is 1.87 bits per heavy atom. The van der Waals surface area contributed by atoms with Crippen LogP contribution in [0.5, 0.6) is 5.75 Å². The summed E-state index contributed by atoms with van der Waals surface area (Å²) < 4.78 is 51.4. The van der Waals surface area contributed by atoms with Crippen LogP contribution in [0.25, 0.3) is 0 Å². The Balaban J connectivity index is 1.72. The SMILES string of the molecule is Cc1ccc(C(C)C)c(OCc2ccc(C(=O)Nc3ccc(Br)cc3C(F)(F)F)o2)c1. The molecule has 0 fully saturated rings. The Labute approximate surface area is 186 Å². The van der Waals surface area contributed by atoms with E-state index in [1.54, 1.807) is 6.07 Å². The van der Waals surface area contributed by atoms with Gasteiger partial charge in [0, 0.05) is 4.47 Å². The number of hydrogen-bond donors (Lipinski definition) is 1. The number of hydrogen-bond acceptors (Lipinski definition) is 3. The first kappa shape index (κ1) is 22.9. The van der Waals surface area contributed by atoms with E-state index in [9.17, 15) is 18.0 Å². The van der Waals surface area contributed by atoms with Crippen molar-refractivity contribution in [3.05, 3.63) is 81.2 Å². The molecule has 0 bridgehead atoms. The van der Waals surface area contributed by atoms with E-state index in [2.05, 4.69) is 35.1 Å². The molecule has 8 heteroatoms. The van der Waals surface area contributed by atoms with Gasteiger partial charge in [-0.1, -0.05) is 41.9 Å². The van der Waals surface area contributed by atoms with Crippen molar-refractivity contribution < 1.29 is 27.1 Å². The quantitative estimate of drug-likeness (QED) is 0.389. The average molecular weight is 496 g/mol. The van der Waals surface area contributed by atoms with Gasteiger partial charge in [0.1, 0.15) is 18.1 Å². The molecule has 3 aromatic rings. The lowest BCUT2D eigenvalue weighted by atomic mass is 10.0. The van der Waals surface area contributed by atoms with E-state index in [1.807, 2.05) is 25.1 Å². The van der Waals surface area contributed by atoms with Crippen molar-refractivity contribution in [2.75, 3.05) is 5.32 Å². The van der Waals surface area contributed by atoms with Crippen molar-refractivity contribution in [3.8, 4) is 5.75 Å². The molecule has 0 saturated heterocycles. The third-order valence-corrected chi connectivity index (χ3v) is 5.07. The molecule has 0 aliphatic carbocycles. The van der Waals surface area contributed by atoms with Crippen LogP contribution in [0, 0.1) is 6.92 Å². The molecular weight excluding hydrogens is 475 g/mol. The summed E-state index contributed by atoms with van der Waals surface area (Å²) in [7, 11) is 0. The van der Waals surface area contributed by atoms with Gasteiger partial charge in [-0.2, -0.15) is 13.2 Å². The Morgan fingerprint density at radius 3 is 2.55 bits per heavy atom. The van der Waals surface area contributed by atoms with Crippen molar-refractivity contribution >= 4 is 27.5 Å². The minimum absolute atomic E-state index is 0.0859. The number of alkyl halides is 3. The molecule has 0 aliphatic rings. The van der Waals surface area contributed by atoms with Crippen LogP contribution < -0.4 is 10.1 Å². The number of carbonyl (C=O) groups excluding carboxylic acids is 1. The molecular formula is C23H21BrF3NO3. The maximum atomic E-state index is 13.3. The lowest BCUT2D eigenvalue weighted by molar-refractivity contribution is -0.137. The third-order valence-electron chi connectivity index (χ3n) is 4.58. The van der Waals surface area contributed by atoms with E-state index in [4.69, 9.17) is 9.15 Å². The maximum Gasteiger partial charge on any atom is 0.418 e. The summed E-state index contributed by atoms with van der Waals surface area (Å²) in [6.07, 6.45) is -4.61. The van der Waals surface area contributed by atoms with Gasteiger partial charge in [0.25, 0.3) is 5.91 Å². The van der Waals surface area contributed by atoms with Crippen molar-refractivity contribution in [2.24, 2.45) is 0 Å². The smallest absolute Gasteiger partial charge is 0.418 e. The first-order valence-corrected chi connectivity index (χ1v) is 10.3. The summed E-state index contributed by atoms with van der Waals surface area (Å²) in [4.78, 5) is 12.4. The zero-order valence-corrected chi connectivity index (χ0v) is 18.7. The van der Waals surface area contributed by atoms with Crippen molar-refractivity contribution in [2.45, 2.75) is 39.5 Å². The second-order valence-corrected chi connectivity index (χ2v) is 8.31. The highest BCUT2D eigenvalue weighted by molar-refractivity contribution is 9.10. The molecule has 4 nitrogen and oxygen atoms in total. The summed E-state index contributed by atoms with van der Waals surface area (Å²) in [5.74, 6) is 0.484. The number of amides is 1. The highest BCUT2D eigenvalue weighted by Crippen LogP contribution is 2.37. The molecule has 0 aliphatic heterocycles. The fourth-order valence-corrected chi connectivity index (χ4v) is 3.37. The summed E-state index contributed by atoms with van der Waals surface area (Å²) in [6, 6.07) is 12.4. The number of furan rings is 1. The van der Waals surface area contributed by atoms with Crippen LogP contribution in [0.1, 0.15) is 52.8 Å². The topological polar surface area (TPSA) is 51.5 Å². The van der Waals surface area contributed by atoms with E-state index in [-0.39, 0.29) is 28.4 Å². The Kier molecular flexibility index (Phi) is 6.79. The highest BCUT2D eigenvalue weighted by atomic mass is 79.9. The maximum absolute atomic E-state index is 13.3. The molecule has 0 atom stereocenters. The van der Waals surface area contributed by atoms with Gasteiger partial charge in [0.15, 0.2) is 5.76 Å². The second kappa shape index (κ2) is 9.18. The summed E-state index contributed by atoms with van der Waals surface area (Å²) in [6.45, 7) is 6.17. The average Bonchev–Trinajstić information content (AvgIpc) is 3.16. The molecule has 31 heavy (non-hydrogen) atoms. The fourth-order valence-electron chi connectivity index (χ4n) is 3.01. The molecule has 1 amide bonds. The van der Waals surface area contributed by atoms with Gasteiger partial charge in [-0.15, -0.1) is 0 Å². The van der Waals surface area contributed by atoms with Crippen LogP contribution in [0.15, 0.2) is 57.4 Å². The van der Waals surface area contributed by atoms with Gasteiger partial charge in [0.2, 0.25) is 0 Å². The summed E-state index contributed by atoms with van der Waals surface area (Å²) in [5, 5.41) is 2.26. The number of nitrogens with one attached hydrogen (secondary N) is 1. The standard InChI is InChI=1S/C23H21BrF3NO3/c1-13(2)17-7-4-14(3)10-21(17)30-12-16-6-9-20(31-16)22(29)28-19-8-5-15(24)11-18(19)23(25,26)27/h4-11,13H,12H2,1-3H3,(H,28,29). The van der Waals surface area contributed by atoms with Gasteiger partial charge in [-0.3, -0.25) is 4.79 Å². The summed E-state index contributed by atoms with van der Waals surface area (Å²) in [5.41, 5.74) is 0.793. The normalized spacial score (nSPS) is 11.6. The molecule has 3 rings (SSSR count). The van der Waals surface area contributed by atoms with E-state index in [1.165, 1.54) is 18.2 Å². The number of anilines is 1. The van der Waals surface area contributed by atoms with Crippen molar-refractivity contribution in [1.82, 2.24) is 0 Å². The van der Waals surface area contributed by atoms with Crippen molar-refractivity contribution in [3.63, 3.8) is 0 Å². The molecule has 164 valence electrons. The Hall–Kier alpha value is -2.74. The van der Waals surface area contributed by atoms with Gasteiger partial charge < -0.3 is 14.5 Å². The third kappa shape index (κ3) is 5.70. The van der Waals surface area contributed by atoms with Gasteiger partial charge >= 0.3 is 6.18 Å². The molecule has 1 N–H and O–H groups in total. The zero-order chi connectivity index (χ0) is 22.8. The number of rotatable bonds is 6. The molecule has 2 aromatic carbocycles. The number of aryl methyl sites for hydroxylation is 1. The highest BCUT2D eigenvalue weighted by Gasteiger charge is 2.34. The van der Waals surface area contributed by atoms with Crippen LogP contribution in [-0.2, 0) is 12.8 Å². The van der Waals surface area contributed by atoms with Crippen LogP contribution >= 0.6 is 15.9 Å². The van der Waals surface area contributed by atoms with Crippen LogP contribution in [0.4, 0.5) is 18.9 Å². The minimum Gasteiger partial charge on any atom is -0.485 e. The lowest BCUT2D eigenvalue weighted by Crippen LogP contribution is -2.16. The van der Waals surface area contributed by atoms with E-state index in [0.29, 0.717) is 5.76 Å². The first-order valence-electron chi connectivity index (χ1n) is 9.54. The predicted molar refractivity (Wildman–Crippen MR) is 115 cm³/mol. The number of ether oxygens (including phenoxy) is 1. The van der Waals surface area contributed by atoms with E-state index in [0.717, 1.165) is 22.9 Å². The minimum atomic E-state index is -4.61. The molecule has 1 aromatic heterocycles. The summed E-state index contributed by atoms with van der Waals surface area (Å²) >= 11 is 3.01.